The molecular formula is C16H17ClN2O. The fourth-order valence-corrected chi connectivity index (χ4v) is 2.16. The summed E-state index contributed by atoms with van der Waals surface area (Å²) in [5.41, 5.74) is 4.28. The standard InChI is InChI=1S/C16H17ClN2O/c1-10-4-5-12(17)9-15(10)19-16(20)14-7-6-13(18-3)8-11(14)2/h4-9,18H,1-3H3,(H,19,20). The Morgan fingerprint density at radius 3 is 2.45 bits per heavy atom. The Labute approximate surface area is 124 Å². The Morgan fingerprint density at radius 1 is 1.05 bits per heavy atom. The fourth-order valence-electron chi connectivity index (χ4n) is 1.99. The van der Waals surface area contributed by atoms with Crippen molar-refractivity contribution in [3.8, 4) is 0 Å². The minimum Gasteiger partial charge on any atom is -0.388 e. The normalized spacial score (nSPS) is 10.2. The number of halogens is 1. The van der Waals surface area contributed by atoms with E-state index >= 15 is 0 Å². The first kappa shape index (κ1) is 14.4. The van der Waals surface area contributed by atoms with E-state index in [9.17, 15) is 4.79 Å². The highest BCUT2D eigenvalue weighted by atomic mass is 35.5. The van der Waals surface area contributed by atoms with Crippen LogP contribution < -0.4 is 10.6 Å². The van der Waals surface area contributed by atoms with Crippen molar-refractivity contribution < 1.29 is 4.79 Å². The van der Waals surface area contributed by atoms with Gasteiger partial charge in [0.2, 0.25) is 0 Å². The van der Waals surface area contributed by atoms with Crippen molar-refractivity contribution in [1.82, 2.24) is 0 Å². The molecule has 0 saturated heterocycles. The lowest BCUT2D eigenvalue weighted by molar-refractivity contribution is 0.102. The second kappa shape index (κ2) is 5.97. The summed E-state index contributed by atoms with van der Waals surface area (Å²) in [6.45, 7) is 3.85. The van der Waals surface area contributed by atoms with Crippen molar-refractivity contribution in [2.75, 3.05) is 17.7 Å². The van der Waals surface area contributed by atoms with Gasteiger partial charge in [-0.25, -0.2) is 0 Å². The van der Waals surface area contributed by atoms with Crippen LogP contribution in [-0.4, -0.2) is 13.0 Å². The molecule has 0 aliphatic carbocycles. The largest absolute Gasteiger partial charge is 0.388 e. The molecule has 0 unspecified atom stereocenters. The number of hydrogen-bond donors (Lipinski definition) is 2. The topological polar surface area (TPSA) is 41.1 Å². The van der Waals surface area contributed by atoms with E-state index in [-0.39, 0.29) is 5.91 Å². The van der Waals surface area contributed by atoms with Gasteiger partial charge in [-0.05, 0) is 55.3 Å². The minimum atomic E-state index is -0.129. The number of rotatable bonds is 3. The molecule has 0 bridgehead atoms. The van der Waals surface area contributed by atoms with Crippen molar-refractivity contribution in [2.24, 2.45) is 0 Å². The van der Waals surface area contributed by atoms with Gasteiger partial charge in [0.15, 0.2) is 0 Å². The van der Waals surface area contributed by atoms with E-state index in [4.69, 9.17) is 11.6 Å². The maximum absolute atomic E-state index is 12.3. The minimum absolute atomic E-state index is 0.129. The van der Waals surface area contributed by atoms with Crippen molar-refractivity contribution in [3.63, 3.8) is 0 Å². The number of hydrogen-bond acceptors (Lipinski definition) is 2. The van der Waals surface area contributed by atoms with Crippen molar-refractivity contribution in [3.05, 3.63) is 58.1 Å². The van der Waals surface area contributed by atoms with Crippen LogP contribution in [0.4, 0.5) is 11.4 Å². The SMILES string of the molecule is CNc1ccc(C(=O)Nc2cc(Cl)ccc2C)c(C)c1. The first-order chi connectivity index (χ1) is 9.51. The van der Waals surface area contributed by atoms with E-state index in [2.05, 4.69) is 10.6 Å². The maximum atomic E-state index is 12.3. The highest BCUT2D eigenvalue weighted by molar-refractivity contribution is 6.31. The predicted molar refractivity (Wildman–Crippen MR) is 84.9 cm³/mol. The maximum Gasteiger partial charge on any atom is 0.255 e. The number of aryl methyl sites for hydroxylation is 2. The summed E-state index contributed by atoms with van der Waals surface area (Å²) in [6, 6.07) is 11.1. The van der Waals surface area contributed by atoms with Crippen molar-refractivity contribution in [2.45, 2.75) is 13.8 Å². The smallest absolute Gasteiger partial charge is 0.255 e. The van der Waals surface area contributed by atoms with Crippen LogP contribution in [0.25, 0.3) is 0 Å². The molecule has 0 heterocycles. The molecule has 1 amide bonds. The van der Waals surface area contributed by atoms with E-state index in [1.165, 1.54) is 0 Å². The highest BCUT2D eigenvalue weighted by Gasteiger charge is 2.11. The van der Waals surface area contributed by atoms with Crippen LogP contribution in [0.2, 0.25) is 5.02 Å². The zero-order valence-corrected chi connectivity index (χ0v) is 12.5. The Morgan fingerprint density at radius 2 is 1.80 bits per heavy atom. The van der Waals surface area contributed by atoms with Gasteiger partial charge in [-0.2, -0.15) is 0 Å². The van der Waals surface area contributed by atoms with Crippen LogP contribution in [0.5, 0.6) is 0 Å². The summed E-state index contributed by atoms with van der Waals surface area (Å²) < 4.78 is 0. The lowest BCUT2D eigenvalue weighted by atomic mass is 10.1. The van der Waals surface area contributed by atoms with Crippen LogP contribution in [0.3, 0.4) is 0 Å². The van der Waals surface area contributed by atoms with Gasteiger partial charge >= 0.3 is 0 Å². The Kier molecular flexibility index (Phi) is 4.30. The molecule has 0 aliphatic rings. The van der Waals surface area contributed by atoms with E-state index in [1.54, 1.807) is 12.1 Å². The molecule has 2 aromatic rings. The molecular weight excluding hydrogens is 272 g/mol. The summed E-state index contributed by atoms with van der Waals surface area (Å²) in [5, 5.41) is 6.56. The predicted octanol–water partition coefficient (Wildman–Crippen LogP) is 4.25. The zero-order chi connectivity index (χ0) is 14.7. The number of carbonyl (C=O) groups excluding carboxylic acids is 1. The van der Waals surface area contributed by atoms with Gasteiger partial charge in [-0.3, -0.25) is 4.79 Å². The van der Waals surface area contributed by atoms with Crippen molar-refractivity contribution in [1.29, 1.82) is 0 Å². The summed E-state index contributed by atoms with van der Waals surface area (Å²) in [5.74, 6) is -0.129. The highest BCUT2D eigenvalue weighted by Crippen LogP contribution is 2.22. The molecule has 104 valence electrons. The molecule has 2 aromatic carbocycles. The first-order valence-corrected chi connectivity index (χ1v) is 6.75. The molecule has 0 fully saturated rings. The summed E-state index contributed by atoms with van der Waals surface area (Å²) in [6.07, 6.45) is 0. The van der Waals surface area contributed by atoms with Gasteiger partial charge in [-0.15, -0.1) is 0 Å². The molecule has 0 aliphatic heterocycles. The van der Waals surface area contributed by atoms with Crippen LogP contribution >= 0.6 is 11.6 Å². The summed E-state index contributed by atoms with van der Waals surface area (Å²) >= 11 is 5.96. The van der Waals surface area contributed by atoms with Gasteiger partial charge in [0, 0.05) is 29.0 Å². The van der Waals surface area contributed by atoms with E-state index in [1.807, 2.05) is 45.2 Å². The average molecular weight is 289 g/mol. The number of nitrogens with one attached hydrogen (secondary N) is 2. The van der Waals surface area contributed by atoms with Gasteiger partial charge in [-0.1, -0.05) is 17.7 Å². The Balaban J connectivity index is 2.26. The van der Waals surface area contributed by atoms with E-state index < -0.39 is 0 Å². The second-order valence-corrected chi connectivity index (χ2v) is 5.13. The van der Waals surface area contributed by atoms with E-state index in [0.717, 1.165) is 22.5 Å². The van der Waals surface area contributed by atoms with Crippen LogP contribution in [0, 0.1) is 13.8 Å². The molecule has 0 atom stereocenters. The number of amides is 1. The number of carbonyl (C=O) groups is 1. The van der Waals surface area contributed by atoms with E-state index in [0.29, 0.717) is 10.6 Å². The third-order valence-electron chi connectivity index (χ3n) is 3.21. The van der Waals surface area contributed by atoms with Crippen LogP contribution in [-0.2, 0) is 0 Å². The molecule has 3 nitrogen and oxygen atoms in total. The molecule has 2 N–H and O–H groups in total. The molecule has 20 heavy (non-hydrogen) atoms. The average Bonchev–Trinajstić information content (AvgIpc) is 2.42. The monoisotopic (exact) mass is 288 g/mol. The Bertz CT molecular complexity index is 653. The first-order valence-electron chi connectivity index (χ1n) is 6.37. The van der Waals surface area contributed by atoms with Crippen molar-refractivity contribution >= 4 is 28.9 Å². The Hall–Kier alpha value is -2.00. The quantitative estimate of drug-likeness (QED) is 0.886. The second-order valence-electron chi connectivity index (χ2n) is 4.69. The molecule has 2 rings (SSSR count). The molecule has 4 heteroatoms. The van der Waals surface area contributed by atoms with Gasteiger partial charge in [0.25, 0.3) is 5.91 Å². The van der Waals surface area contributed by atoms with Crippen LogP contribution in [0.1, 0.15) is 21.5 Å². The summed E-state index contributed by atoms with van der Waals surface area (Å²) in [4.78, 5) is 12.3. The molecule has 0 aromatic heterocycles. The van der Waals surface area contributed by atoms with Gasteiger partial charge in [0.05, 0.1) is 0 Å². The zero-order valence-electron chi connectivity index (χ0n) is 11.8. The summed E-state index contributed by atoms with van der Waals surface area (Å²) in [7, 11) is 1.85. The van der Waals surface area contributed by atoms with Crippen LogP contribution in [0.15, 0.2) is 36.4 Å². The number of anilines is 2. The lowest BCUT2D eigenvalue weighted by Gasteiger charge is -2.11. The lowest BCUT2D eigenvalue weighted by Crippen LogP contribution is -2.14. The molecule has 0 radical (unpaired) electrons. The van der Waals surface area contributed by atoms with Gasteiger partial charge < -0.3 is 10.6 Å². The number of benzene rings is 2. The molecule has 0 saturated carbocycles. The van der Waals surface area contributed by atoms with Gasteiger partial charge in [0.1, 0.15) is 0 Å². The molecule has 0 spiro atoms. The third-order valence-corrected chi connectivity index (χ3v) is 3.44. The third kappa shape index (κ3) is 3.11. The fraction of sp³-hybridized carbons (Fsp3) is 0.188.